The van der Waals surface area contributed by atoms with Gasteiger partial charge in [-0.25, -0.2) is 4.98 Å². The van der Waals surface area contributed by atoms with E-state index < -0.39 is 6.04 Å². The zero-order chi connectivity index (χ0) is 28.0. The van der Waals surface area contributed by atoms with Crippen LogP contribution in [0.2, 0.25) is 5.02 Å². The molecule has 0 spiro atoms. The van der Waals surface area contributed by atoms with E-state index in [1.807, 2.05) is 30.5 Å². The lowest BCUT2D eigenvalue weighted by molar-refractivity contribution is 0.0989. The van der Waals surface area contributed by atoms with Crippen LogP contribution in [-0.2, 0) is 11.8 Å². The summed E-state index contributed by atoms with van der Waals surface area (Å²) < 4.78 is 8.97. The van der Waals surface area contributed by atoms with Crippen molar-refractivity contribution in [2.75, 3.05) is 19.1 Å². The van der Waals surface area contributed by atoms with Gasteiger partial charge in [-0.3, -0.25) is 24.8 Å². The Morgan fingerprint density at radius 2 is 1.95 bits per heavy atom. The molecule has 0 aliphatic carbocycles. The third kappa shape index (κ3) is 4.27. The number of nitriles is 1. The minimum Gasteiger partial charge on any atom is -0.482 e. The van der Waals surface area contributed by atoms with E-state index in [0.29, 0.717) is 34.2 Å². The predicted molar refractivity (Wildman–Crippen MR) is 148 cm³/mol. The molecule has 2 aromatic heterocycles. The molecule has 2 unspecified atom stereocenters. The molecular weight excluding hydrogens is 520 g/mol. The van der Waals surface area contributed by atoms with Crippen LogP contribution in [0.15, 0.2) is 52.2 Å². The van der Waals surface area contributed by atoms with E-state index in [2.05, 4.69) is 21.7 Å². The molecule has 12 heteroatoms. The molecule has 2 aliphatic rings. The van der Waals surface area contributed by atoms with Crippen LogP contribution in [0.5, 0.6) is 0 Å². The Morgan fingerprint density at radius 3 is 2.54 bits per heavy atom. The number of fused-ring (bicyclic) bond motifs is 1. The number of anilines is 1. The lowest BCUT2D eigenvalue weighted by atomic mass is 10.0. The minimum absolute atomic E-state index is 0.00295. The van der Waals surface area contributed by atoms with Crippen molar-refractivity contribution in [2.45, 2.75) is 32.2 Å². The van der Waals surface area contributed by atoms with Gasteiger partial charge in [0.05, 0.1) is 35.7 Å². The van der Waals surface area contributed by atoms with Gasteiger partial charge in [0.2, 0.25) is 5.88 Å². The van der Waals surface area contributed by atoms with Crippen molar-refractivity contribution in [1.29, 1.82) is 5.26 Å². The maximum atomic E-state index is 14.1. The first-order valence-electron chi connectivity index (χ1n) is 12.3. The summed E-state index contributed by atoms with van der Waals surface area (Å²) in [6, 6.07) is 9.97. The third-order valence-corrected chi connectivity index (χ3v) is 7.02. The molecule has 5 rings (SSSR count). The zero-order valence-electron chi connectivity index (χ0n) is 22.1. The standard InChI is InChI=1S/C27H27ClN8O3/c1-14(2)35-22-20(32-23(35)18-12-31-27(30-3)33-24(18)39-5)26(38)36(17-10-19(28)25(37)34(4)13-17)21(22)16-8-6-15(11-29)7-9-16/h6-10,12-14,21,27,30,33H,1-5H3. The Hall–Kier alpha value is -4.40. The second-order valence-electron chi connectivity index (χ2n) is 9.47. The lowest BCUT2D eigenvalue weighted by Crippen LogP contribution is -2.41. The third-order valence-electron chi connectivity index (χ3n) is 6.75. The van der Waals surface area contributed by atoms with Gasteiger partial charge in [0.25, 0.3) is 11.5 Å². The van der Waals surface area contributed by atoms with Gasteiger partial charge in [-0.2, -0.15) is 5.26 Å². The summed E-state index contributed by atoms with van der Waals surface area (Å²) in [5.74, 6) is 0.657. The number of nitrogens with zero attached hydrogens (tertiary/aromatic N) is 6. The largest absolute Gasteiger partial charge is 0.482 e. The van der Waals surface area contributed by atoms with Crippen molar-refractivity contribution in [2.24, 2.45) is 12.0 Å². The topological polar surface area (TPSA) is 130 Å². The number of ether oxygens (including phenoxy) is 1. The number of methoxy groups -OCH3 is 1. The highest BCUT2D eigenvalue weighted by molar-refractivity contribution is 6.30. The van der Waals surface area contributed by atoms with Crippen molar-refractivity contribution in [3.8, 4) is 6.07 Å². The fraction of sp³-hybridized carbons (Fsp3) is 0.296. The van der Waals surface area contributed by atoms with Crippen LogP contribution >= 0.6 is 11.6 Å². The number of imidazole rings is 1. The summed E-state index contributed by atoms with van der Waals surface area (Å²) in [5, 5.41) is 15.5. The van der Waals surface area contributed by atoms with Gasteiger partial charge < -0.3 is 19.2 Å². The number of amides is 1. The first-order valence-corrected chi connectivity index (χ1v) is 12.7. The van der Waals surface area contributed by atoms with E-state index in [4.69, 9.17) is 21.3 Å². The molecular formula is C27H27ClN8O3. The maximum absolute atomic E-state index is 14.1. The Balaban J connectivity index is 1.76. The molecule has 2 N–H and O–H groups in total. The quantitative estimate of drug-likeness (QED) is 0.486. The Kier molecular flexibility index (Phi) is 6.76. The first-order chi connectivity index (χ1) is 18.7. The van der Waals surface area contributed by atoms with Gasteiger partial charge >= 0.3 is 0 Å². The van der Waals surface area contributed by atoms with Gasteiger partial charge in [0.15, 0.2) is 12.0 Å². The number of aromatic nitrogens is 3. The number of carbonyl (C=O) groups excluding carboxylic acids is 1. The molecule has 1 amide bonds. The number of nitrogens with one attached hydrogen (secondary N) is 2. The van der Waals surface area contributed by atoms with E-state index in [0.717, 1.165) is 5.56 Å². The first kappa shape index (κ1) is 26.2. The highest BCUT2D eigenvalue weighted by Crippen LogP contribution is 2.44. The van der Waals surface area contributed by atoms with Gasteiger partial charge in [-0.05, 0) is 44.7 Å². The molecule has 11 nitrogen and oxygen atoms in total. The number of hydrogen-bond donors (Lipinski definition) is 2. The fourth-order valence-electron chi connectivity index (χ4n) is 4.95. The van der Waals surface area contributed by atoms with E-state index in [9.17, 15) is 14.9 Å². The van der Waals surface area contributed by atoms with Gasteiger partial charge in [0.1, 0.15) is 16.9 Å². The number of carbonyl (C=O) groups is 1. The molecule has 2 atom stereocenters. The molecule has 200 valence electrons. The van der Waals surface area contributed by atoms with Crippen molar-refractivity contribution in [3.63, 3.8) is 0 Å². The van der Waals surface area contributed by atoms with Crippen LogP contribution in [0.25, 0.3) is 5.57 Å². The summed E-state index contributed by atoms with van der Waals surface area (Å²) in [6.07, 6.45) is 2.89. The van der Waals surface area contributed by atoms with E-state index in [-0.39, 0.29) is 34.5 Å². The van der Waals surface area contributed by atoms with Crippen LogP contribution in [0, 0.1) is 11.3 Å². The molecule has 0 radical (unpaired) electrons. The van der Waals surface area contributed by atoms with Crippen molar-refractivity contribution in [1.82, 2.24) is 24.8 Å². The average Bonchev–Trinajstić information content (AvgIpc) is 3.46. The highest BCUT2D eigenvalue weighted by atomic mass is 35.5. The molecule has 0 fully saturated rings. The Bertz CT molecular complexity index is 1600. The number of allylic oxidation sites excluding steroid dienone is 1. The van der Waals surface area contributed by atoms with Crippen molar-refractivity contribution < 1.29 is 9.53 Å². The molecule has 1 aromatic carbocycles. The van der Waals surface area contributed by atoms with Gasteiger partial charge in [0, 0.05) is 25.5 Å². The summed E-state index contributed by atoms with van der Waals surface area (Å²) in [7, 11) is 4.91. The summed E-state index contributed by atoms with van der Waals surface area (Å²) >= 11 is 6.25. The minimum atomic E-state index is -0.609. The predicted octanol–water partition coefficient (Wildman–Crippen LogP) is 2.93. The number of aryl methyl sites for hydroxylation is 1. The van der Waals surface area contributed by atoms with Crippen molar-refractivity contribution in [3.05, 3.63) is 86.1 Å². The average molecular weight is 547 g/mol. The smallest absolute Gasteiger partial charge is 0.279 e. The maximum Gasteiger partial charge on any atom is 0.279 e. The fourth-order valence-corrected chi connectivity index (χ4v) is 5.20. The van der Waals surface area contributed by atoms with Gasteiger partial charge in [-0.15, -0.1) is 0 Å². The summed E-state index contributed by atoms with van der Waals surface area (Å²) in [6.45, 7) is 4.02. The van der Waals surface area contributed by atoms with E-state index >= 15 is 0 Å². The van der Waals surface area contributed by atoms with E-state index in [1.54, 1.807) is 50.6 Å². The van der Waals surface area contributed by atoms with Crippen molar-refractivity contribution >= 4 is 35.0 Å². The molecule has 0 saturated heterocycles. The van der Waals surface area contributed by atoms with Crippen LogP contribution in [0.3, 0.4) is 0 Å². The molecule has 0 saturated carbocycles. The van der Waals surface area contributed by atoms with Crippen LogP contribution in [0.1, 0.15) is 59.1 Å². The molecule has 39 heavy (non-hydrogen) atoms. The normalized spacial score (nSPS) is 18.4. The van der Waals surface area contributed by atoms with Gasteiger partial charge in [-0.1, -0.05) is 23.7 Å². The second kappa shape index (κ2) is 10.1. The molecule has 0 bridgehead atoms. The highest BCUT2D eigenvalue weighted by Gasteiger charge is 2.45. The Labute approximate surface area is 230 Å². The molecule has 2 aliphatic heterocycles. The molecule has 3 aromatic rings. The van der Waals surface area contributed by atoms with E-state index in [1.165, 1.54) is 10.6 Å². The number of pyridine rings is 1. The number of rotatable bonds is 6. The number of halogens is 1. The van der Waals surface area contributed by atoms with Crippen LogP contribution in [-0.4, -0.2) is 46.7 Å². The number of aliphatic imine (C=N–C) groups is 1. The Morgan fingerprint density at radius 1 is 1.23 bits per heavy atom. The summed E-state index contributed by atoms with van der Waals surface area (Å²) in [5.41, 5.74) is 2.90. The van der Waals surface area contributed by atoms with Crippen LogP contribution in [0.4, 0.5) is 5.69 Å². The lowest BCUT2D eigenvalue weighted by Gasteiger charge is -2.29. The monoisotopic (exact) mass is 546 g/mol. The number of hydrogen-bond acceptors (Lipinski definition) is 8. The number of benzene rings is 1. The second-order valence-corrected chi connectivity index (χ2v) is 9.87. The zero-order valence-corrected chi connectivity index (χ0v) is 22.8. The van der Waals surface area contributed by atoms with Crippen LogP contribution < -0.4 is 21.1 Å². The SMILES string of the molecule is CNC1N=CC(c2nc3c(n2C(C)C)C(c2ccc(C#N)cc2)N(c2cc(Cl)c(=O)n(C)c2)C3=O)=C(OC)N1. The molecule has 4 heterocycles. The summed E-state index contributed by atoms with van der Waals surface area (Å²) in [4.78, 5) is 37.3.